The highest BCUT2D eigenvalue weighted by molar-refractivity contribution is 4.77. The molecular formula is C10H23NO2. The minimum absolute atomic E-state index is 0.247. The van der Waals surface area contributed by atoms with E-state index in [4.69, 9.17) is 9.47 Å². The Bertz CT molecular complexity index is 119. The van der Waals surface area contributed by atoms with Crippen LogP contribution in [0.2, 0.25) is 0 Å². The molecule has 0 heterocycles. The molecule has 0 aliphatic carbocycles. The number of hydrogen-bond acceptors (Lipinski definition) is 3. The molecule has 0 aliphatic heterocycles. The van der Waals surface area contributed by atoms with Crippen molar-refractivity contribution in [3.8, 4) is 0 Å². The van der Waals surface area contributed by atoms with E-state index in [1.165, 1.54) is 0 Å². The quantitative estimate of drug-likeness (QED) is 0.654. The molecule has 3 unspecified atom stereocenters. The van der Waals surface area contributed by atoms with E-state index in [-0.39, 0.29) is 6.10 Å². The fourth-order valence-electron chi connectivity index (χ4n) is 1.61. The first-order valence-electron chi connectivity index (χ1n) is 4.86. The molecule has 1 N–H and O–H groups in total. The maximum Gasteiger partial charge on any atom is 0.0698 e. The Morgan fingerprint density at radius 1 is 1.23 bits per heavy atom. The summed E-state index contributed by atoms with van der Waals surface area (Å²) in [5.41, 5.74) is 0. The lowest BCUT2D eigenvalue weighted by Crippen LogP contribution is -2.42. The fraction of sp³-hybridized carbons (Fsp3) is 1.00. The largest absolute Gasteiger partial charge is 0.385 e. The molecule has 80 valence electrons. The molecule has 0 saturated carbocycles. The first-order valence-corrected chi connectivity index (χ1v) is 4.86. The van der Waals surface area contributed by atoms with Crippen molar-refractivity contribution in [3.05, 3.63) is 0 Å². The Morgan fingerprint density at radius 2 is 1.85 bits per heavy atom. The molecular weight excluding hydrogens is 166 g/mol. The van der Waals surface area contributed by atoms with Crippen molar-refractivity contribution in [2.75, 3.05) is 27.9 Å². The molecule has 0 fully saturated rings. The third-order valence-electron chi connectivity index (χ3n) is 2.60. The van der Waals surface area contributed by atoms with Gasteiger partial charge in [-0.3, -0.25) is 0 Å². The topological polar surface area (TPSA) is 30.5 Å². The molecule has 0 aromatic heterocycles. The predicted molar refractivity (Wildman–Crippen MR) is 55.0 cm³/mol. The second-order valence-corrected chi connectivity index (χ2v) is 3.51. The molecule has 0 aliphatic rings. The van der Waals surface area contributed by atoms with Gasteiger partial charge in [0.05, 0.1) is 6.10 Å². The maximum absolute atomic E-state index is 5.30. The zero-order valence-corrected chi connectivity index (χ0v) is 9.46. The summed E-state index contributed by atoms with van der Waals surface area (Å²) in [6.07, 6.45) is 1.31. The highest BCUT2D eigenvalue weighted by Gasteiger charge is 2.21. The number of likely N-dealkylation sites (N-methyl/N-ethyl adjacent to an activating group) is 1. The number of nitrogens with one attached hydrogen (secondary N) is 1. The van der Waals surface area contributed by atoms with Gasteiger partial charge < -0.3 is 14.8 Å². The molecule has 3 heteroatoms. The van der Waals surface area contributed by atoms with Gasteiger partial charge in [-0.25, -0.2) is 0 Å². The molecule has 0 rings (SSSR count). The van der Waals surface area contributed by atoms with E-state index < -0.39 is 0 Å². The van der Waals surface area contributed by atoms with Crippen molar-refractivity contribution in [1.29, 1.82) is 0 Å². The van der Waals surface area contributed by atoms with Gasteiger partial charge in [-0.2, -0.15) is 0 Å². The third-order valence-corrected chi connectivity index (χ3v) is 2.60. The van der Waals surface area contributed by atoms with Crippen LogP contribution in [0.3, 0.4) is 0 Å². The van der Waals surface area contributed by atoms with Crippen molar-refractivity contribution < 1.29 is 9.47 Å². The molecule has 0 aromatic rings. The smallest absolute Gasteiger partial charge is 0.0698 e. The Hall–Kier alpha value is -0.120. The van der Waals surface area contributed by atoms with Crippen LogP contribution < -0.4 is 5.32 Å². The summed E-state index contributed by atoms with van der Waals surface area (Å²) >= 11 is 0. The van der Waals surface area contributed by atoms with E-state index in [0.717, 1.165) is 13.0 Å². The van der Waals surface area contributed by atoms with E-state index in [1.807, 2.05) is 7.05 Å². The van der Waals surface area contributed by atoms with Crippen molar-refractivity contribution in [3.63, 3.8) is 0 Å². The lowest BCUT2D eigenvalue weighted by atomic mass is 9.95. The van der Waals surface area contributed by atoms with Crippen LogP contribution in [-0.2, 0) is 9.47 Å². The predicted octanol–water partition coefficient (Wildman–Crippen LogP) is 1.28. The molecule has 0 bridgehead atoms. The lowest BCUT2D eigenvalue weighted by Gasteiger charge is -2.28. The second kappa shape index (κ2) is 7.30. The van der Waals surface area contributed by atoms with E-state index in [9.17, 15) is 0 Å². The average molecular weight is 189 g/mol. The van der Waals surface area contributed by atoms with Crippen LogP contribution in [0.25, 0.3) is 0 Å². The van der Waals surface area contributed by atoms with Gasteiger partial charge >= 0.3 is 0 Å². The van der Waals surface area contributed by atoms with Gasteiger partial charge in [0.15, 0.2) is 0 Å². The minimum atomic E-state index is 0.247. The second-order valence-electron chi connectivity index (χ2n) is 3.51. The zero-order chi connectivity index (χ0) is 10.3. The zero-order valence-electron chi connectivity index (χ0n) is 9.46. The van der Waals surface area contributed by atoms with Crippen LogP contribution in [-0.4, -0.2) is 40.0 Å². The average Bonchev–Trinajstić information content (AvgIpc) is 2.15. The SMILES string of the molecule is CNC(C(C)CCOC)C(C)OC. The van der Waals surface area contributed by atoms with Gasteiger partial charge in [-0.1, -0.05) is 6.92 Å². The molecule has 0 radical (unpaired) electrons. The van der Waals surface area contributed by atoms with Crippen molar-refractivity contribution in [1.82, 2.24) is 5.32 Å². The highest BCUT2D eigenvalue weighted by Crippen LogP contribution is 2.13. The van der Waals surface area contributed by atoms with Crippen molar-refractivity contribution in [2.45, 2.75) is 32.4 Å². The van der Waals surface area contributed by atoms with E-state index >= 15 is 0 Å². The van der Waals surface area contributed by atoms with Gasteiger partial charge in [-0.15, -0.1) is 0 Å². The monoisotopic (exact) mass is 189 g/mol. The standard InChI is InChI=1S/C10H23NO2/c1-8(6-7-12-4)10(11-3)9(2)13-5/h8-11H,6-7H2,1-5H3. The van der Waals surface area contributed by atoms with Crippen LogP contribution in [0.15, 0.2) is 0 Å². The highest BCUT2D eigenvalue weighted by atomic mass is 16.5. The van der Waals surface area contributed by atoms with E-state index in [1.54, 1.807) is 14.2 Å². The lowest BCUT2D eigenvalue weighted by molar-refractivity contribution is 0.0589. The summed E-state index contributed by atoms with van der Waals surface area (Å²) in [5, 5.41) is 3.28. The van der Waals surface area contributed by atoms with E-state index in [2.05, 4.69) is 19.2 Å². The summed E-state index contributed by atoms with van der Waals surface area (Å²) in [6.45, 7) is 5.12. The van der Waals surface area contributed by atoms with Crippen LogP contribution in [0.5, 0.6) is 0 Å². The molecule has 13 heavy (non-hydrogen) atoms. The third kappa shape index (κ3) is 4.60. The fourth-order valence-corrected chi connectivity index (χ4v) is 1.61. The van der Waals surface area contributed by atoms with Gasteiger partial charge in [0, 0.05) is 26.9 Å². The molecule has 0 saturated heterocycles. The summed E-state index contributed by atoms with van der Waals surface area (Å²) < 4.78 is 10.4. The summed E-state index contributed by atoms with van der Waals surface area (Å²) in [6, 6.07) is 0.403. The minimum Gasteiger partial charge on any atom is -0.385 e. The Morgan fingerprint density at radius 3 is 2.23 bits per heavy atom. The first kappa shape index (κ1) is 12.9. The summed E-state index contributed by atoms with van der Waals surface area (Å²) in [7, 11) is 5.46. The van der Waals surface area contributed by atoms with Crippen LogP contribution in [0.4, 0.5) is 0 Å². The van der Waals surface area contributed by atoms with Gasteiger partial charge in [0.1, 0.15) is 0 Å². The van der Waals surface area contributed by atoms with Crippen molar-refractivity contribution in [2.24, 2.45) is 5.92 Å². The van der Waals surface area contributed by atoms with Gasteiger partial charge in [0.2, 0.25) is 0 Å². The van der Waals surface area contributed by atoms with Crippen LogP contribution in [0.1, 0.15) is 20.3 Å². The Kier molecular flexibility index (Phi) is 7.23. The maximum atomic E-state index is 5.30. The number of ether oxygens (including phenoxy) is 2. The summed E-state index contributed by atoms with van der Waals surface area (Å²) in [4.78, 5) is 0. The summed E-state index contributed by atoms with van der Waals surface area (Å²) in [5.74, 6) is 0.569. The van der Waals surface area contributed by atoms with Crippen LogP contribution in [0, 0.1) is 5.92 Å². The Balaban J connectivity index is 3.90. The molecule has 0 aromatic carbocycles. The van der Waals surface area contributed by atoms with E-state index in [0.29, 0.717) is 12.0 Å². The number of methoxy groups -OCH3 is 2. The van der Waals surface area contributed by atoms with Crippen molar-refractivity contribution >= 4 is 0 Å². The number of rotatable bonds is 7. The van der Waals surface area contributed by atoms with Gasteiger partial charge in [0.25, 0.3) is 0 Å². The molecule has 3 nitrogen and oxygen atoms in total. The van der Waals surface area contributed by atoms with Crippen LogP contribution >= 0.6 is 0 Å². The molecule has 0 spiro atoms. The van der Waals surface area contributed by atoms with Gasteiger partial charge in [-0.05, 0) is 26.3 Å². The Labute approximate surface area is 81.8 Å². The first-order chi connectivity index (χ1) is 6.17. The number of hydrogen-bond donors (Lipinski definition) is 1. The molecule has 0 amide bonds. The normalized spacial score (nSPS) is 18.2. The molecule has 3 atom stereocenters.